The number of aromatic nitrogens is 2. The number of fused-ring (bicyclic) bond motifs is 1. The minimum atomic E-state index is 0.319. The van der Waals surface area contributed by atoms with Gasteiger partial charge in [0.25, 0.3) is 0 Å². The van der Waals surface area contributed by atoms with Crippen LogP contribution >= 0.6 is 0 Å². The smallest absolute Gasteiger partial charge is 0.163 e. The van der Waals surface area contributed by atoms with Crippen molar-refractivity contribution in [1.29, 1.82) is 5.26 Å². The Hall–Kier alpha value is -3.13. The lowest BCUT2D eigenvalue weighted by Gasteiger charge is -2.10. The molecular formula is C17H15N5. The van der Waals surface area contributed by atoms with Crippen molar-refractivity contribution >= 4 is 22.3 Å². The average molecular weight is 289 g/mol. The fourth-order valence-electron chi connectivity index (χ4n) is 2.25. The van der Waals surface area contributed by atoms with E-state index < -0.39 is 0 Å². The number of nitriles is 1. The van der Waals surface area contributed by atoms with E-state index in [1.165, 1.54) is 10.8 Å². The molecule has 0 unspecified atom stereocenters. The second kappa shape index (κ2) is 6.55. The van der Waals surface area contributed by atoms with E-state index in [4.69, 9.17) is 5.26 Å². The van der Waals surface area contributed by atoms with Crippen molar-refractivity contribution < 1.29 is 0 Å². The molecule has 22 heavy (non-hydrogen) atoms. The van der Waals surface area contributed by atoms with E-state index >= 15 is 0 Å². The van der Waals surface area contributed by atoms with Crippen molar-refractivity contribution in [3.8, 4) is 6.07 Å². The van der Waals surface area contributed by atoms with Gasteiger partial charge in [-0.1, -0.05) is 36.4 Å². The normalized spacial score (nSPS) is 10.1. The summed E-state index contributed by atoms with van der Waals surface area (Å²) in [6, 6.07) is 19.9. The fraction of sp³-hybridized carbons (Fsp3) is 0.118. The maximum Gasteiger partial charge on any atom is 0.163 e. The van der Waals surface area contributed by atoms with Gasteiger partial charge in [0, 0.05) is 24.2 Å². The second-order valence-corrected chi connectivity index (χ2v) is 4.80. The van der Waals surface area contributed by atoms with Crippen LogP contribution in [-0.4, -0.2) is 23.3 Å². The number of nitrogens with one attached hydrogen (secondary N) is 2. The predicted octanol–water partition coefficient (Wildman–Crippen LogP) is 3.03. The van der Waals surface area contributed by atoms with E-state index in [0.29, 0.717) is 18.1 Å². The molecule has 3 rings (SSSR count). The topological polar surface area (TPSA) is 73.6 Å². The number of nitrogens with zero attached hydrogens (tertiary/aromatic N) is 3. The first kappa shape index (κ1) is 13.8. The summed E-state index contributed by atoms with van der Waals surface area (Å²) in [4.78, 5) is 0. The molecule has 0 fully saturated rings. The first-order valence-corrected chi connectivity index (χ1v) is 7.06. The maximum absolute atomic E-state index is 8.67. The van der Waals surface area contributed by atoms with Crippen molar-refractivity contribution in [3.05, 3.63) is 60.3 Å². The number of anilines is 2. The van der Waals surface area contributed by atoms with Crippen molar-refractivity contribution in [2.75, 3.05) is 23.7 Å². The summed E-state index contributed by atoms with van der Waals surface area (Å²) in [7, 11) is 0. The Morgan fingerprint density at radius 1 is 0.864 bits per heavy atom. The van der Waals surface area contributed by atoms with E-state index in [2.05, 4.69) is 45.1 Å². The van der Waals surface area contributed by atoms with E-state index in [1.54, 1.807) is 12.1 Å². The van der Waals surface area contributed by atoms with Gasteiger partial charge in [-0.15, -0.1) is 10.2 Å². The van der Waals surface area contributed by atoms with Crippen LogP contribution in [0.4, 0.5) is 11.5 Å². The number of rotatable bonds is 5. The average Bonchev–Trinajstić information content (AvgIpc) is 2.59. The third-order valence-electron chi connectivity index (χ3n) is 3.32. The molecule has 0 radical (unpaired) electrons. The van der Waals surface area contributed by atoms with Crippen molar-refractivity contribution in [2.24, 2.45) is 0 Å². The third-order valence-corrected chi connectivity index (χ3v) is 3.32. The van der Waals surface area contributed by atoms with E-state index in [0.717, 1.165) is 12.2 Å². The van der Waals surface area contributed by atoms with Crippen molar-refractivity contribution in [1.82, 2.24) is 10.2 Å². The van der Waals surface area contributed by atoms with Crippen molar-refractivity contribution in [3.63, 3.8) is 0 Å². The van der Waals surface area contributed by atoms with Gasteiger partial charge in [-0.3, -0.25) is 0 Å². The van der Waals surface area contributed by atoms with Gasteiger partial charge in [-0.25, -0.2) is 0 Å². The second-order valence-electron chi connectivity index (χ2n) is 4.80. The summed E-state index contributed by atoms with van der Waals surface area (Å²) in [5, 5.41) is 25.4. The lowest BCUT2D eigenvalue weighted by Crippen LogP contribution is -2.14. The molecule has 0 aliphatic carbocycles. The van der Waals surface area contributed by atoms with Crippen LogP contribution in [0, 0.1) is 11.3 Å². The first-order valence-electron chi connectivity index (χ1n) is 7.06. The Morgan fingerprint density at radius 3 is 2.50 bits per heavy atom. The molecule has 0 bridgehead atoms. The summed E-state index contributed by atoms with van der Waals surface area (Å²) >= 11 is 0. The van der Waals surface area contributed by atoms with Crippen LogP contribution in [0.5, 0.6) is 0 Å². The minimum absolute atomic E-state index is 0.319. The molecule has 5 nitrogen and oxygen atoms in total. The van der Waals surface area contributed by atoms with Gasteiger partial charge in [-0.05, 0) is 23.6 Å². The van der Waals surface area contributed by atoms with Gasteiger partial charge in [0.2, 0.25) is 0 Å². The highest BCUT2D eigenvalue weighted by Crippen LogP contribution is 2.22. The lowest BCUT2D eigenvalue weighted by atomic mass is 10.1. The van der Waals surface area contributed by atoms with Crippen LogP contribution in [0.2, 0.25) is 0 Å². The van der Waals surface area contributed by atoms with Crippen LogP contribution in [0.15, 0.2) is 54.6 Å². The first-order chi connectivity index (χ1) is 10.9. The van der Waals surface area contributed by atoms with Gasteiger partial charge in [0.15, 0.2) is 5.69 Å². The summed E-state index contributed by atoms with van der Waals surface area (Å²) in [6.45, 7) is 1.47. The highest BCUT2D eigenvalue weighted by atomic mass is 15.2. The molecular weight excluding hydrogens is 274 g/mol. The number of hydrogen-bond acceptors (Lipinski definition) is 5. The SMILES string of the molecule is N#Cc1ccc(NCCNc2cccc3ccccc23)nn1. The van der Waals surface area contributed by atoms with Gasteiger partial charge < -0.3 is 10.6 Å². The van der Waals surface area contributed by atoms with Gasteiger partial charge in [0.05, 0.1) is 0 Å². The molecule has 2 N–H and O–H groups in total. The van der Waals surface area contributed by atoms with Crippen LogP contribution in [-0.2, 0) is 0 Å². The van der Waals surface area contributed by atoms with Crippen LogP contribution in [0.1, 0.15) is 5.69 Å². The molecule has 0 amide bonds. The molecule has 0 aliphatic heterocycles. The zero-order chi connectivity index (χ0) is 15.2. The Kier molecular flexibility index (Phi) is 4.12. The third kappa shape index (κ3) is 3.13. The molecule has 108 valence electrons. The number of benzene rings is 2. The predicted molar refractivity (Wildman–Crippen MR) is 87.7 cm³/mol. The lowest BCUT2D eigenvalue weighted by molar-refractivity contribution is 0.979. The van der Waals surface area contributed by atoms with Gasteiger partial charge in [-0.2, -0.15) is 5.26 Å². The fourth-order valence-corrected chi connectivity index (χ4v) is 2.25. The highest BCUT2D eigenvalue weighted by molar-refractivity contribution is 5.93. The summed E-state index contributed by atoms with van der Waals surface area (Å²) in [5.41, 5.74) is 1.44. The molecule has 0 aliphatic rings. The molecule has 3 aromatic rings. The quantitative estimate of drug-likeness (QED) is 0.706. The number of hydrogen-bond donors (Lipinski definition) is 2. The van der Waals surface area contributed by atoms with E-state index in [-0.39, 0.29) is 0 Å². The molecule has 0 spiro atoms. The van der Waals surface area contributed by atoms with Crippen LogP contribution in [0.25, 0.3) is 10.8 Å². The molecule has 1 aromatic heterocycles. The summed E-state index contributed by atoms with van der Waals surface area (Å²) in [5.74, 6) is 0.665. The van der Waals surface area contributed by atoms with E-state index in [9.17, 15) is 0 Å². The monoisotopic (exact) mass is 289 g/mol. The highest BCUT2D eigenvalue weighted by Gasteiger charge is 1.99. The standard InChI is InChI=1S/C17H15N5/c18-12-14-8-9-17(22-21-14)20-11-10-19-16-7-3-5-13-4-1-2-6-15(13)16/h1-9,19H,10-11H2,(H,20,22). The Balaban J connectivity index is 1.57. The molecule has 0 saturated heterocycles. The Bertz CT molecular complexity index is 800. The summed E-state index contributed by atoms with van der Waals surface area (Å²) < 4.78 is 0. The molecule has 5 heteroatoms. The zero-order valence-corrected chi connectivity index (χ0v) is 12.0. The molecule has 0 saturated carbocycles. The molecule has 1 heterocycles. The Morgan fingerprint density at radius 2 is 1.68 bits per heavy atom. The van der Waals surface area contributed by atoms with Gasteiger partial charge in [0.1, 0.15) is 11.9 Å². The largest absolute Gasteiger partial charge is 0.383 e. The van der Waals surface area contributed by atoms with Crippen molar-refractivity contribution in [2.45, 2.75) is 0 Å². The summed E-state index contributed by atoms with van der Waals surface area (Å²) in [6.07, 6.45) is 0. The minimum Gasteiger partial charge on any atom is -0.383 e. The Labute approximate surface area is 128 Å². The van der Waals surface area contributed by atoms with Gasteiger partial charge >= 0.3 is 0 Å². The van der Waals surface area contributed by atoms with Crippen LogP contribution in [0.3, 0.4) is 0 Å². The zero-order valence-electron chi connectivity index (χ0n) is 12.0. The maximum atomic E-state index is 8.67. The van der Waals surface area contributed by atoms with Crippen LogP contribution < -0.4 is 10.6 Å². The molecule has 2 aromatic carbocycles. The van der Waals surface area contributed by atoms with E-state index in [1.807, 2.05) is 24.3 Å². The molecule has 0 atom stereocenters.